The van der Waals surface area contributed by atoms with E-state index in [0.29, 0.717) is 19.5 Å². The third-order valence-corrected chi connectivity index (χ3v) is 4.61. The maximum Gasteiger partial charge on any atom is 0.227 e. The number of benzene rings is 1. The highest BCUT2D eigenvalue weighted by Gasteiger charge is 2.30. The fraction of sp³-hybridized carbons (Fsp3) is 0.462. The molecule has 1 aliphatic heterocycles. The number of carbonyl (C=O) groups excluding carboxylic acids is 1. The van der Waals surface area contributed by atoms with Gasteiger partial charge in [0.05, 0.1) is 5.75 Å². The van der Waals surface area contributed by atoms with Gasteiger partial charge in [0, 0.05) is 25.2 Å². The summed E-state index contributed by atoms with van der Waals surface area (Å²) in [6, 6.07) is 9.44. The lowest BCUT2D eigenvalue weighted by molar-refractivity contribution is -0.117. The number of nitrogens with zero attached hydrogens (tertiary/aromatic N) is 1. The first-order valence-electron chi connectivity index (χ1n) is 6.34. The highest BCUT2D eigenvalue weighted by atomic mass is 32.2. The van der Waals surface area contributed by atoms with Crippen molar-refractivity contribution in [3.8, 4) is 0 Å². The molecule has 0 unspecified atom stereocenters. The molecule has 19 heavy (non-hydrogen) atoms. The SMILES string of the molecule is CCS(=O)(=O)NC[C@@H]1CC(=O)N(c2ccccc2)C1. The summed E-state index contributed by atoms with van der Waals surface area (Å²) in [4.78, 5) is 13.6. The molecule has 2 rings (SSSR count). The van der Waals surface area contributed by atoms with Crippen molar-refractivity contribution in [3.63, 3.8) is 0 Å². The molecular formula is C13H18N2O3S. The molecule has 0 aromatic heterocycles. The molecular weight excluding hydrogens is 264 g/mol. The van der Waals surface area contributed by atoms with Crippen LogP contribution in [0.15, 0.2) is 30.3 Å². The van der Waals surface area contributed by atoms with Crippen molar-refractivity contribution in [1.29, 1.82) is 0 Å². The number of hydrogen-bond acceptors (Lipinski definition) is 3. The van der Waals surface area contributed by atoms with Crippen molar-refractivity contribution < 1.29 is 13.2 Å². The molecule has 1 fully saturated rings. The minimum Gasteiger partial charge on any atom is -0.312 e. The first-order valence-corrected chi connectivity index (χ1v) is 8.00. The van der Waals surface area contributed by atoms with E-state index in [2.05, 4.69) is 4.72 Å². The molecule has 0 radical (unpaired) electrons. The van der Waals surface area contributed by atoms with Gasteiger partial charge in [0.1, 0.15) is 0 Å². The van der Waals surface area contributed by atoms with E-state index in [9.17, 15) is 13.2 Å². The maximum absolute atomic E-state index is 11.9. The lowest BCUT2D eigenvalue weighted by atomic mass is 10.1. The monoisotopic (exact) mass is 282 g/mol. The largest absolute Gasteiger partial charge is 0.312 e. The number of amides is 1. The van der Waals surface area contributed by atoms with Crippen LogP contribution in [-0.4, -0.2) is 33.2 Å². The Kier molecular flexibility index (Phi) is 4.21. The molecule has 104 valence electrons. The zero-order valence-corrected chi connectivity index (χ0v) is 11.7. The zero-order chi connectivity index (χ0) is 13.9. The fourth-order valence-corrected chi connectivity index (χ4v) is 2.82. The van der Waals surface area contributed by atoms with Gasteiger partial charge in [-0.05, 0) is 25.0 Å². The highest BCUT2D eigenvalue weighted by Crippen LogP contribution is 2.24. The minimum atomic E-state index is -3.19. The predicted octanol–water partition coefficient (Wildman–Crippen LogP) is 0.979. The maximum atomic E-state index is 11.9. The quantitative estimate of drug-likeness (QED) is 0.875. The Morgan fingerprint density at radius 1 is 1.32 bits per heavy atom. The van der Waals surface area contributed by atoms with Crippen LogP contribution in [0, 0.1) is 5.92 Å². The van der Waals surface area contributed by atoms with Crippen molar-refractivity contribution in [1.82, 2.24) is 4.72 Å². The Balaban J connectivity index is 1.97. The topological polar surface area (TPSA) is 66.5 Å². The van der Waals surface area contributed by atoms with Crippen LogP contribution in [0.3, 0.4) is 0 Å². The van der Waals surface area contributed by atoms with E-state index in [1.165, 1.54) is 0 Å². The average molecular weight is 282 g/mol. The second-order valence-corrected chi connectivity index (χ2v) is 6.76. The molecule has 0 saturated carbocycles. The molecule has 1 amide bonds. The minimum absolute atomic E-state index is 0.0361. The second kappa shape index (κ2) is 5.71. The molecule has 1 aliphatic rings. The van der Waals surface area contributed by atoms with Gasteiger partial charge >= 0.3 is 0 Å². The van der Waals surface area contributed by atoms with E-state index in [1.807, 2.05) is 30.3 Å². The number of hydrogen-bond donors (Lipinski definition) is 1. The van der Waals surface area contributed by atoms with Crippen LogP contribution in [0.4, 0.5) is 5.69 Å². The van der Waals surface area contributed by atoms with Crippen LogP contribution in [0.25, 0.3) is 0 Å². The van der Waals surface area contributed by atoms with E-state index in [0.717, 1.165) is 5.69 Å². The number of nitrogens with one attached hydrogen (secondary N) is 1. The molecule has 1 saturated heterocycles. The highest BCUT2D eigenvalue weighted by molar-refractivity contribution is 7.89. The zero-order valence-electron chi connectivity index (χ0n) is 10.9. The van der Waals surface area contributed by atoms with Crippen LogP contribution in [-0.2, 0) is 14.8 Å². The number of rotatable bonds is 5. The third-order valence-electron chi connectivity index (χ3n) is 3.24. The van der Waals surface area contributed by atoms with E-state index in [4.69, 9.17) is 0 Å². The Morgan fingerprint density at radius 3 is 2.63 bits per heavy atom. The summed E-state index contributed by atoms with van der Waals surface area (Å²) in [5.74, 6) is 0.150. The summed E-state index contributed by atoms with van der Waals surface area (Å²) >= 11 is 0. The van der Waals surface area contributed by atoms with Gasteiger partial charge in [-0.15, -0.1) is 0 Å². The number of para-hydroxylation sites is 1. The average Bonchev–Trinajstić information content (AvgIpc) is 2.79. The number of carbonyl (C=O) groups is 1. The van der Waals surface area contributed by atoms with Gasteiger partial charge in [0.25, 0.3) is 0 Å². The summed E-state index contributed by atoms with van der Waals surface area (Å²) in [5, 5.41) is 0. The van der Waals surface area contributed by atoms with Crippen molar-refractivity contribution in [2.24, 2.45) is 5.92 Å². The van der Waals surface area contributed by atoms with Crippen molar-refractivity contribution >= 4 is 21.6 Å². The molecule has 1 N–H and O–H groups in total. The van der Waals surface area contributed by atoms with Crippen LogP contribution in [0.5, 0.6) is 0 Å². The second-order valence-electron chi connectivity index (χ2n) is 4.66. The van der Waals surface area contributed by atoms with Crippen LogP contribution < -0.4 is 9.62 Å². The predicted molar refractivity (Wildman–Crippen MR) is 74.4 cm³/mol. The van der Waals surface area contributed by atoms with E-state index < -0.39 is 10.0 Å². The first-order chi connectivity index (χ1) is 9.02. The van der Waals surface area contributed by atoms with Crippen molar-refractivity contribution in [2.45, 2.75) is 13.3 Å². The molecule has 0 spiro atoms. The lowest BCUT2D eigenvalue weighted by Gasteiger charge is -2.16. The molecule has 1 aromatic rings. The van der Waals surface area contributed by atoms with Crippen LogP contribution in [0.2, 0.25) is 0 Å². The number of anilines is 1. The van der Waals surface area contributed by atoms with E-state index in [1.54, 1.807) is 11.8 Å². The molecule has 0 bridgehead atoms. The van der Waals surface area contributed by atoms with Crippen molar-refractivity contribution in [2.75, 3.05) is 23.7 Å². The van der Waals surface area contributed by atoms with Crippen LogP contribution >= 0.6 is 0 Å². The standard InChI is InChI=1S/C13H18N2O3S/c1-2-19(17,18)14-9-11-8-13(16)15(10-11)12-6-4-3-5-7-12/h3-7,11,14H,2,8-10H2,1H3/t11-/m0/s1. The normalized spacial score (nSPS) is 19.9. The van der Waals surface area contributed by atoms with Gasteiger partial charge in [-0.3, -0.25) is 4.79 Å². The lowest BCUT2D eigenvalue weighted by Crippen LogP contribution is -2.32. The molecule has 1 aromatic carbocycles. The summed E-state index contributed by atoms with van der Waals surface area (Å²) in [5.41, 5.74) is 0.869. The molecule has 1 heterocycles. The molecule has 0 aliphatic carbocycles. The Morgan fingerprint density at radius 2 is 2.00 bits per heavy atom. The Bertz CT molecular complexity index is 542. The van der Waals surface area contributed by atoms with Gasteiger partial charge < -0.3 is 4.90 Å². The first kappa shape index (κ1) is 14.0. The van der Waals surface area contributed by atoms with Gasteiger partial charge in [0.2, 0.25) is 15.9 Å². The van der Waals surface area contributed by atoms with Gasteiger partial charge in [-0.2, -0.15) is 0 Å². The summed E-state index contributed by atoms with van der Waals surface area (Å²) < 4.78 is 25.3. The smallest absolute Gasteiger partial charge is 0.227 e. The van der Waals surface area contributed by atoms with Gasteiger partial charge in [0.15, 0.2) is 0 Å². The summed E-state index contributed by atoms with van der Waals surface area (Å²) in [7, 11) is -3.19. The molecule has 1 atom stereocenters. The van der Waals surface area contributed by atoms with Crippen molar-refractivity contribution in [3.05, 3.63) is 30.3 Å². The third kappa shape index (κ3) is 3.54. The Hall–Kier alpha value is -1.40. The summed E-state index contributed by atoms with van der Waals surface area (Å²) in [6.45, 7) is 2.48. The van der Waals surface area contributed by atoms with Crippen LogP contribution in [0.1, 0.15) is 13.3 Å². The molecule has 6 heteroatoms. The van der Waals surface area contributed by atoms with E-state index >= 15 is 0 Å². The molecule has 5 nitrogen and oxygen atoms in total. The fourth-order valence-electron chi connectivity index (χ4n) is 2.12. The van der Waals surface area contributed by atoms with Gasteiger partial charge in [-0.25, -0.2) is 13.1 Å². The van der Waals surface area contributed by atoms with Gasteiger partial charge in [-0.1, -0.05) is 18.2 Å². The Labute approximate surface area is 113 Å². The summed E-state index contributed by atoms with van der Waals surface area (Å²) in [6.07, 6.45) is 0.390. The van der Waals surface area contributed by atoms with E-state index in [-0.39, 0.29) is 17.6 Å². The number of sulfonamides is 1.